The maximum Gasteiger partial charge on any atom is 0.323 e. The largest absolute Gasteiger partial charge is 0.480 e. The standard InChI is InChI=1S/C13H27NO5/c1-4-14-13(2,12(15)16)6-9-18-7-5-8-19-11-10-17-3/h14H,4-11H2,1-3H3,(H,15,16). The summed E-state index contributed by atoms with van der Waals surface area (Å²) in [6, 6.07) is 0. The van der Waals surface area contributed by atoms with Gasteiger partial charge in [-0.15, -0.1) is 0 Å². The molecule has 0 aliphatic heterocycles. The Morgan fingerprint density at radius 1 is 1.16 bits per heavy atom. The highest BCUT2D eigenvalue weighted by atomic mass is 16.5. The monoisotopic (exact) mass is 277 g/mol. The summed E-state index contributed by atoms with van der Waals surface area (Å²) in [5.74, 6) is -0.846. The number of nitrogens with one attached hydrogen (secondary N) is 1. The number of likely N-dealkylation sites (N-methyl/N-ethyl adjacent to an activating group) is 1. The van der Waals surface area contributed by atoms with Gasteiger partial charge in [0.15, 0.2) is 0 Å². The zero-order chi connectivity index (χ0) is 14.6. The zero-order valence-electron chi connectivity index (χ0n) is 12.2. The van der Waals surface area contributed by atoms with E-state index in [1.165, 1.54) is 0 Å². The number of rotatable bonds is 13. The number of aliphatic carboxylic acids is 1. The van der Waals surface area contributed by atoms with E-state index in [1.54, 1.807) is 14.0 Å². The van der Waals surface area contributed by atoms with E-state index in [4.69, 9.17) is 19.3 Å². The minimum absolute atomic E-state index is 0.424. The second kappa shape index (κ2) is 11.2. The molecule has 6 nitrogen and oxygen atoms in total. The highest BCUT2D eigenvalue weighted by Gasteiger charge is 2.31. The fraction of sp³-hybridized carbons (Fsp3) is 0.923. The van der Waals surface area contributed by atoms with Crippen LogP contribution in [0, 0.1) is 0 Å². The van der Waals surface area contributed by atoms with Crippen LogP contribution in [0.2, 0.25) is 0 Å². The maximum absolute atomic E-state index is 11.1. The Hall–Kier alpha value is -0.690. The Morgan fingerprint density at radius 2 is 1.79 bits per heavy atom. The van der Waals surface area contributed by atoms with Crippen molar-refractivity contribution < 1.29 is 24.1 Å². The molecule has 0 aromatic carbocycles. The van der Waals surface area contributed by atoms with Gasteiger partial charge in [0.1, 0.15) is 5.54 Å². The summed E-state index contributed by atoms with van der Waals surface area (Å²) in [6.07, 6.45) is 1.25. The van der Waals surface area contributed by atoms with Gasteiger partial charge in [-0.1, -0.05) is 6.92 Å². The van der Waals surface area contributed by atoms with Crippen molar-refractivity contribution in [3.63, 3.8) is 0 Å². The molecule has 6 heteroatoms. The summed E-state index contributed by atoms with van der Waals surface area (Å²) >= 11 is 0. The summed E-state index contributed by atoms with van der Waals surface area (Å²) in [4.78, 5) is 11.1. The molecule has 1 atom stereocenters. The van der Waals surface area contributed by atoms with Crippen LogP contribution in [0.1, 0.15) is 26.7 Å². The summed E-state index contributed by atoms with van der Waals surface area (Å²) in [5, 5.41) is 12.1. The SMILES string of the molecule is CCNC(C)(CCOCCCOCCOC)C(=O)O. The van der Waals surface area contributed by atoms with E-state index in [1.807, 2.05) is 6.92 Å². The smallest absolute Gasteiger partial charge is 0.323 e. The van der Waals surface area contributed by atoms with Gasteiger partial charge in [-0.3, -0.25) is 4.79 Å². The lowest BCUT2D eigenvalue weighted by molar-refractivity contribution is -0.145. The van der Waals surface area contributed by atoms with Crippen LogP contribution in [0.15, 0.2) is 0 Å². The second-order valence-corrected chi connectivity index (χ2v) is 4.49. The molecule has 0 aromatic heterocycles. The molecule has 0 fully saturated rings. The first-order chi connectivity index (χ1) is 9.06. The van der Waals surface area contributed by atoms with E-state index in [-0.39, 0.29) is 0 Å². The van der Waals surface area contributed by atoms with Gasteiger partial charge in [0.25, 0.3) is 0 Å². The molecule has 0 saturated carbocycles. The zero-order valence-corrected chi connectivity index (χ0v) is 12.2. The number of hydrogen-bond acceptors (Lipinski definition) is 5. The average Bonchev–Trinajstić information content (AvgIpc) is 2.37. The first-order valence-electron chi connectivity index (χ1n) is 6.69. The van der Waals surface area contributed by atoms with Crippen LogP contribution in [0.5, 0.6) is 0 Å². The third kappa shape index (κ3) is 8.93. The highest BCUT2D eigenvalue weighted by molar-refractivity contribution is 5.78. The van der Waals surface area contributed by atoms with E-state index in [2.05, 4.69) is 5.32 Å². The van der Waals surface area contributed by atoms with Crippen LogP contribution in [-0.4, -0.2) is 63.3 Å². The van der Waals surface area contributed by atoms with Crippen LogP contribution < -0.4 is 5.32 Å². The molecule has 0 aliphatic rings. The fourth-order valence-electron chi connectivity index (χ4n) is 1.55. The van der Waals surface area contributed by atoms with Crippen LogP contribution >= 0.6 is 0 Å². The maximum atomic E-state index is 11.1. The number of ether oxygens (including phenoxy) is 3. The van der Waals surface area contributed by atoms with Crippen molar-refractivity contribution in [1.29, 1.82) is 0 Å². The Kier molecular flexibility index (Phi) is 10.8. The van der Waals surface area contributed by atoms with Crippen molar-refractivity contribution in [2.45, 2.75) is 32.2 Å². The summed E-state index contributed by atoms with van der Waals surface area (Å²) in [5.41, 5.74) is -0.913. The molecule has 0 radical (unpaired) electrons. The third-order valence-electron chi connectivity index (χ3n) is 2.79. The number of carboxylic acids is 1. The molecule has 0 spiro atoms. The molecule has 0 rings (SSSR count). The van der Waals surface area contributed by atoms with E-state index in [0.29, 0.717) is 46.0 Å². The van der Waals surface area contributed by atoms with Crippen molar-refractivity contribution in [3.8, 4) is 0 Å². The van der Waals surface area contributed by atoms with Crippen LogP contribution in [0.25, 0.3) is 0 Å². The molecular weight excluding hydrogens is 250 g/mol. The normalized spacial score (nSPS) is 14.3. The minimum Gasteiger partial charge on any atom is -0.480 e. The molecular formula is C13H27NO5. The van der Waals surface area contributed by atoms with Gasteiger partial charge in [0.05, 0.1) is 13.2 Å². The lowest BCUT2D eigenvalue weighted by Crippen LogP contribution is -2.50. The van der Waals surface area contributed by atoms with Crippen molar-refractivity contribution in [1.82, 2.24) is 5.32 Å². The van der Waals surface area contributed by atoms with Crippen LogP contribution in [0.3, 0.4) is 0 Å². The Labute approximate surface area is 115 Å². The Morgan fingerprint density at radius 3 is 2.32 bits per heavy atom. The van der Waals surface area contributed by atoms with Gasteiger partial charge >= 0.3 is 5.97 Å². The van der Waals surface area contributed by atoms with E-state index >= 15 is 0 Å². The molecule has 0 aliphatic carbocycles. The van der Waals surface area contributed by atoms with E-state index in [9.17, 15) is 4.79 Å². The lowest BCUT2D eigenvalue weighted by Gasteiger charge is -2.25. The Balaban J connectivity index is 3.53. The van der Waals surface area contributed by atoms with Crippen LogP contribution in [0.4, 0.5) is 0 Å². The molecule has 0 bridgehead atoms. The molecule has 19 heavy (non-hydrogen) atoms. The lowest BCUT2D eigenvalue weighted by atomic mass is 9.99. The predicted octanol–water partition coefficient (Wildman–Crippen LogP) is 0.899. The van der Waals surface area contributed by atoms with Gasteiger partial charge in [0, 0.05) is 26.9 Å². The Bertz CT molecular complexity index is 237. The van der Waals surface area contributed by atoms with Crippen LogP contribution in [-0.2, 0) is 19.0 Å². The number of hydrogen-bond donors (Lipinski definition) is 2. The van der Waals surface area contributed by atoms with Crippen molar-refractivity contribution in [2.24, 2.45) is 0 Å². The van der Waals surface area contributed by atoms with E-state index in [0.717, 1.165) is 6.42 Å². The van der Waals surface area contributed by atoms with Crippen molar-refractivity contribution in [2.75, 3.05) is 46.7 Å². The second-order valence-electron chi connectivity index (χ2n) is 4.49. The first kappa shape index (κ1) is 18.3. The van der Waals surface area contributed by atoms with Crippen molar-refractivity contribution >= 4 is 5.97 Å². The summed E-state index contributed by atoms with van der Waals surface area (Å²) in [7, 11) is 1.64. The highest BCUT2D eigenvalue weighted by Crippen LogP contribution is 2.10. The van der Waals surface area contributed by atoms with Gasteiger partial charge < -0.3 is 24.6 Å². The quantitative estimate of drug-likeness (QED) is 0.487. The number of carboxylic acid groups (broad SMARTS) is 1. The molecule has 0 heterocycles. The molecule has 0 aromatic rings. The topological polar surface area (TPSA) is 77.0 Å². The average molecular weight is 277 g/mol. The van der Waals surface area contributed by atoms with Gasteiger partial charge in [-0.2, -0.15) is 0 Å². The number of methoxy groups -OCH3 is 1. The summed E-state index contributed by atoms with van der Waals surface area (Å²) in [6.45, 7) is 7.01. The van der Waals surface area contributed by atoms with E-state index < -0.39 is 11.5 Å². The molecule has 0 saturated heterocycles. The molecule has 1 unspecified atom stereocenters. The van der Waals surface area contributed by atoms with Crippen molar-refractivity contribution in [3.05, 3.63) is 0 Å². The third-order valence-corrected chi connectivity index (χ3v) is 2.79. The minimum atomic E-state index is -0.913. The van der Waals surface area contributed by atoms with Gasteiger partial charge in [-0.05, 0) is 26.3 Å². The fourth-order valence-corrected chi connectivity index (χ4v) is 1.55. The molecule has 114 valence electrons. The first-order valence-corrected chi connectivity index (χ1v) is 6.69. The summed E-state index contributed by atoms with van der Waals surface area (Å²) < 4.78 is 15.6. The predicted molar refractivity (Wildman–Crippen MR) is 72.5 cm³/mol. The molecule has 0 amide bonds. The number of carbonyl (C=O) groups is 1. The molecule has 2 N–H and O–H groups in total. The van der Waals surface area contributed by atoms with Gasteiger partial charge in [0.2, 0.25) is 0 Å². The van der Waals surface area contributed by atoms with Gasteiger partial charge in [-0.25, -0.2) is 0 Å².